The van der Waals surface area contributed by atoms with Gasteiger partial charge in [0.15, 0.2) is 17.5 Å². The monoisotopic (exact) mass is 845 g/mol. The maximum absolute atomic E-state index is 5.41. The summed E-state index contributed by atoms with van der Waals surface area (Å²) in [5.74, 6) is 1.92. The molecule has 0 saturated heterocycles. The Balaban J connectivity index is 1.09. The van der Waals surface area contributed by atoms with Crippen LogP contribution in [-0.2, 0) is 0 Å². The number of para-hydroxylation sites is 3. The molecule has 6 heteroatoms. The minimum absolute atomic E-state index is 0.639. The van der Waals surface area contributed by atoms with E-state index in [0.29, 0.717) is 17.5 Å². The summed E-state index contributed by atoms with van der Waals surface area (Å²) in [5.41, 5.74) is 9.76. The van der Waals surface area contributed by atoms with Crippen LogP contribution in [0.25, 0.3) is 131 Å². The molecule has 4 aromatic heterocycles. The van der Waals surface area contributed by atoms with Crippen molar-refractivity contribution in [1.29, 1.82) is 0 Å². The fourth-order valence-electron chi connectivity index (χ4n) is 10.2. The molecule has 4 heterocycles. The van der Waals surface area contributed by atoms with Gasteiger partial charge in [-0.15, -0.1) is 11.3 Å². The Labute approximate surface area is 376 Å². The second kappa shape index (κ2) is 14.0. The van der Waals surface area contributed by atoms with Crippen LogP contribution >= 0.6 is 11.3 Å². The van der Waals surface area contributed by atoms with Crippen LogP contribution in [0.1, 0.15) is 0 Å². The minimum Gasteiger partial charge on any atom is -0.309 e. The standard InChI is InChI=1S/C59H35N5S/c1-3-17-37(18-4-1)57-60-58(39-31-30-36-16-7-8-19-38(36)32-39)62-59(61-57)48-34-47-43(56-55(48)44-24-11-14-29-54(44)65-56)25-15-28-51(47)64-50-27-13-10-23-42(50)46-33-45-41-22-9-12-26-49(41)63(52(45)35-53(46)64)40-20-5-2-6-21-40/h1-35H. The van der Waals surface area contributed by atoms with Gasteiger partial charge in [-0.3, -0.25) is 0 Å². The largest absolute Gasteiger partial charge is 0.309 e. The van der Waals surface area contributed by atoms with Crippen molar-refractivity contribution in [2.45, 2.75) is 0 Å². The van der Waals surface area contributed by atoms with Gasteiger partial charge in [0.1, 0.15) is 0 Å². The first-order valence-corrected chi connectivity index (χ1v) is 22.8. The van der Waals surface area contributed by atoms with Gasteiger partial charge in [-0.1, -0.05) is 152 Å². The lowest BCUT2D eigenvalue weighted by Gasteiger charge is -2.15. The van der Waals surface area contributed by atoms with Crippen molar-refractivity contribution in [1.82, 2.24) is 24.1 Å². The molecular weight excluding hydrogens is 811 g/mol. The first-order valence-electron chi connectivity index (χ1n) is 21.9. The highest BCUT2D eigenvalue weighted by atomic mass is 32.1. The average Bonchev–Trinajstić information content (AvgIpc) is 4.03. The van der Waals surface area contributed by atoms with Crippen molar-refractivity contribution in [2.75, 3.05) is 0 Å². The van der Waals surface area contributed by atoms with Crippen molar-refractivity contribution in [3.63, 3.8) is 0 Å². The van der Waals surface area contributed by atoms with Crippen LogP contribution in [0, 0.1) is 0 Å². The maximum atomic E-state index is 5.41. The molecule has 0 aliphatic heterocycles. The van der Waals surface area contributed by atoms with Gasteiger partial charge >= 0.3 is 0 Å². The Bertz CT molecular complexity index is 4240. The molecule has 0 amide bonds. The number of hydrogen-bond donors (Lipinski definition) is 0. The molecule has 0 saturated carbocycles. The van der Waals surface area contributed by atoms with E-state index in [4.69, 9.17) is 15.0 Å². The Morgan fingerprint density at radius 1 is 0.338 bits per heavy atom. The lowest BCUT2D eigenvalue weighted by atomic mass is 9.98. The Morgan fingerprint density at radius 3 is 1.72 bits per heavy atom. The van der Waals surface area contributed by atoms with Crippen LogP contribution in [0.15, 0.2) is 212 Å². The van der Waals surface area contributed by atoms with E-state index in [-0.39, 0.29) is 0 Å². The summed E-state index contributed by atoms with van der Waals surface area (Å²) < 4.78 is 7.32. The van der Waals surface area contributed by atoms with E-state index in [1.807, 2.05) is 29.5 Å². The van der Waals surface area contributed by atoms with Gasteiger partial charge in [-0.25, -0.2) is 15.0 Å². The van der Waals surface area contributed by atoms with Crippen LogP contribution in [0.2, 0.25) is 0 Å². The topological polar surface area (TPSA) is 48.5 Å². The fraction of sp³-hybridized carbons (Fsp3) is 0. The number of thiophene rings is 1. The van der Waals surface area contributed by atoms with Crippen LogP contribution in [0.5, 0.6) is 0 Å². The zero-order chi connectivity index (χ0) is 42.6. The molecule has 0 unspecified atom stereocenters. The van der Waals surface area contributed by atoms with Crippen LogP contribution in [-0.4, -0.2) is 24.1 Å². The molecule has 0 N–H and O–H groups in total. The van der Waals surface area contributed by atoms with Gasteiger partial charge in [0.2, 0.25) is 0 Å². The summed E-state index contributed by atoms with van der Waals surface area (Å²) in [6.07, 6.45) is 0. The second-order valence-electron chi connectivity index (χ2n) is 16.8. The molecule has 0 radical (unpaired) electrons. The number of aromatic nitrogens is 5. The third-order valence-electron chi connectivity index (χ3n) is 13.1. The van der Waals surface area contributed by atoms with E-state index in [1.165, 1.54) is 58.1 Å². The van der Waals surface area contributed by atoms with Gasteiger partial charge in [-0.2, -0.15) is 0 Å². The summed E-state index contributed by atoms with van der Waals surface area (Å²) in [7, 11) is 0. The predicted octanol–water partition coefficient (Wildman–Crippen LogP) is 15.7. The summed E-state index contributed by atoms with van der Waals surface area (Å²) >= 11 is 1.84. The maximum Gasteiger partial charge on any atom is 0.164 e. The van der Waals surface area contributed by atoms with E-state index < -0.39 is 0 Å². The Hall–Kier alpha value is -8.45. The normalized spacial score (nSPS) is 12.0. The zero-order valence-corrected chi connectivity index (χ0v) is 35.7. The van der Waals surface area contributed by atoms with Gasteiger partial charge in [0, 0.05) is 74.9 Å². The number of benzene rings is 10. The lowest BCUT2D eigenvalue weighted by molar-refractivity contribution is 1.08. The zero-order valence-electron chi connectivity index (χ0n) is 34.9. The van der Waals surface area contributed by atoms with E-state index in [2.05, 4.69) is 203 Å². The second-order valence-corrected chi connectivity index (χ2v) is 17.8. The highest BCUT2D eigenvalue weighted by Crippen LogP contribution is 2.47. The van der Waals surface area contributed by atoms with E-state index in [0.717, 1.165) is 55.3 Å². The summed E-state index contributed by atoms with van der Waals surface area (Å²) in [5, 5.41) is 11.9. The van der Waals surface area contributed by atoms with Crippen molar-refractivity contribution < 1.29 is 0 Å². The molecule has 302 valence electrons. The van der Waals surface area contributed by atoms with Gasteiger partial charge in [-0.05, 0) is 71.4 Å². The Morgan fingerprint density at radius 2 is 0.938 bits per heavy atom. The molecular formula is C59H35N5S. The third kappa shape index (κ3) is 5.48. The molecule has 65 heavy (non-hydrogen) atoms. The molecule has 5 nitrogen and oxygen atoms in total. The van der Waals surface area contributed by atoms with Gasteiger partial charge in [0.25, 0.3) is 0 Å². The summed E-state index contributed by atoms with van der Waals surface area (Å²) in [6, 6.07) is 76.2. The average molecular weight is 846 g/mol. The SMILES string of the molecule is c1ccc(-c2nc(-c3ccc4ccccc4c3)nc(-c3cc4c(-n5c6ccccc6c6cc7c8ccccc8n(-c8ccccc8)c7cc65)cccc4c4sc5ccccc5c34)n2)cc1. The smallest absolute Gasteiger partial charge is 0.164 e. The van der Waals surface area contributed by atoms with E-state index in [1.54, 1.807) is 0 Å². The fourth-order valence-corrected chi connectivity index (χ4v) is 11.5. The molecule has 0 spiro atoms. The highest BCUT2D eigenvalue weighted by molar-refractivity contribution is 7.26. The van der Waals surface area contributed by atoms with Crippen molar-refractivity contribution in [2.24, 2.45) is 0 Å². The molecule has 0 aliphatic rings. The number of nitrogens with zero attached hydrogens (tertiary/aromatic N) is 5. The Kier molecular flexibility index (Phi) is 7.79. The third-order valence-corrected chi connectivity index (χ3v) is 14.3. The molecule has 0 bridgehead atoms. The first-order chi connectivity index (χ1) is 32.2. The van der Waals surface area contributed by atoms with Crippen molar-refractivity contribution in [3.05, 3.63) is 212 Å². The van der Waals surface area contributed by atoms with Crippen LogP contribution in [0.4, 0.5) is 0 Å². The summed E-state index contributed by atoms with van der Waals surface area (Å²) in [6.45, 7) is 0. The molecule has 14 rings (SSSR count). The quantitative estimate of drug-likeness (QED) is 0.173. The van der Waals surface area contributed by atoms with Gasteiger partial charge < -0.3 is 9.13 Å². The van der Waals surface area contributed by atoms with E-state index >= 15 is 0 Å². The van der Waals surface area contributed by atoms with E-state index in [9.17, 15) is 0 Å². The molecule has 10 aromatic carbocycles. The van der Waals surface area contributed by atoms with Crippen LogP contribution < -0.4 is 0 Å². The molecule has 0 fully saturated rings. The van der Waals surface area contributed by atoms with Gasteiger partial charge in [0.05, 0.1) is 27.8 Å². The molecule has 0 aliphatic carbocycles. The number of fused-ring (bicyclic) bond motifs is 12. The molecule has 14 aromatic rings. The minimum atomic E-state index is 0.639. The summed E-state index contributed by atoms with van der Waals surface area (Å²) in [4.78, 5) is 15.9. The first kappa shape index (κ1) is 36.1. The lowest BCUT2D eigenvalue weighted by Crippen LogP contribution is -2.01. The number of hydrogen-bond acceptors (Lipinski definition) is 4. The predicted molar refractivity (Wildman–Crippen MR) is 273 cm³/mol. The highest BCUT2D eigenvalue weighted by Gasteiger charge is 2.23. The van der Waals surface area contributed by atoms with Crippen molar-refractivity contribution in [3.8, 4) is 45.5 Å². The molecule has 0 atom stereocenters. The van der Waals surface area contributed by atoms with Crippen LogP contribution in [0.3, 0.4) is 0 Å². The number of rotatable bonds is 5. The van der Waals surface area contributed by atoms with Crippen molar-refractivity contribution >= 4 is 96.7 Å².